The minimum atomic E-state index is 0.395. The topological polar surface area (TPSA) is 21.3 Å². The van der Waals surface area contributed by atoms with Crippen LogP contribution in [0.15, 0.2) is 40.9 Å². The van der Waals surface area contributed by atoms with Crippen molar-refractivity contribution in [3.8, 4) is 11.5 Å². The van der Waals surface area contributed by atoms with Gasteiger partial charge in [0.1, 0.15) is 16.5 Å². The summed E-state index contributed by atoms with van der Waals surface area (Å²) >= 11 is 15.7. The highest BCUT2D eigenvalue weighted by molar-refractivity contribution is 9.10. The van der Waals surface area contributed by atoms with E-state index in [0.29, 0.717) is 28.4 Å². The van der Waals surface area contributed by atoms with E-state index in [-0.39, 0.29) is 0 Å². The van der Waals surface area contributed by atoms with Gasteiger partial charge in [-0.15, -0.1) is 0 Å². The first kappa shape index (κ1) is 16.6. The summed E-state index contributed by atoms with van der Waals surface area (Å²) in [6.07, 6.45) is 0. The summed E-state index contributed by atoms with van der Waals surface area (Å²) in [7, 11) is 0. The zero-order valence-electron chi connectivity index (χ0n) is 11.8. The molecule has 0 heterocycles. The molecule has 2 nitrogen and oxygen atoms in total. The van der Waals surface area contributed by atoms with Gasteiger partial charge in [0, 0.05) is 22.6 Å². The normalized spacial score (nSPS) is 11.0. The van der Waals surface area contributed by atoms with Gasteiger partial charge in [0.2, 0.25) is 0 Å². The van der Waals surface area contributed by atoms with E-state index in [0.717, 1.165) is 15.8 Å². The Bertz CT molecular complexity index is 632. The summed E-state index contributed by atoms with van der Waals surface area (Å²) in [6.45, 7) is 4.92. The number of benzene rings is 2. The molecule has 5 heteroatoms. The SMILES string of the molecule is CC(C)NCc1cc(Br)ccc1Oc1cccc(Cl)c1Cl. The molecular formula is C16H16BrCl2NO. The molecule has 0 amide bonds. The molecule has 0 unspecified atom stereocenters. The Labute approximate surface area is 143 Å². The molecule has 2 rings (SSSR count). The summed E-state index contributed by atoms with van der Waals surface area (Å²) in [5.74, 6) is 1.31. The highest BCUT2D eigenvalue weighted by atomic mass is 79.9. The van der Waals surface area contributed by atoms with E-state index in [1.54, 1.807) is 12.1 Å². The molecule has 0 aromatic heterocycles. The predicted octanol–water partition coefficient (Wildman–Crippen LogP) is 6.05. The van der Waals surface area contributed by atoms with E-state index in [4.69, 9.17) is 27.9 Å². The molecule has 0 atom stereocenters. The summed E-state index contributed by atoms with van der Waals surface area (Å²) < 4.78 is 6.94. The summed E-state index contributed by atoms with van der Waals surface area (Å²) in [4.78, 5) is 0. The van der Waals surface area contributed by atoms with Crippen LogP contribution in [0.5, 0.6) is 11.5 Å². The van der Waals surface area contributed by atoms with E-state index in [1.807, 2.05) is 24.3 Å². The second-order valence-electron chi connectivity index (χ2n) is 4.94. The van der Waals surface area contributed by atoms with Crippen LogP contribution < -0.4 is 10.1 Å². The molecule has 21 heavy (non-hydrogen) atoms. The number of halogens is 3. The molecule has 0 radical (unpaired) electrons. The Morgan fingerprint density at radius 1 is 1.14 bits per heavy atom. The monoisotopic (exact) mass is 387 g/mol. The first-order valence-electron chi connectivity index (χ1n) is 6.61. The van der Waals surface area contributed by atoms with Crippen LogP contribution in [0.2, 0.25) is 10.0 Å². The Balaban J connectivity index is 2.28. The lowest BCUT2D eigenvalue weighted by molar-refractivity contribution is 0.469. The third-order valence-electron chi connectivity index (χ3n) is 2.86. The van der Waals surface area contributed by atoms with Gasteiger partial charge in [0.15, 0.2) is 0 Å². The van der Waals surface area contributed by atoms with Gasteiger partial charge in [-0.3, -0.25) is 0 Å². The molecule has 0 aliphatic rings. The molecule has 0 aliphatic heterocycles. The fourth-order valence-corrected chi connectivity index (χ4v) is 2.52. The highest BCUT2D eigenvalue weighted by Gasteiger charge is 2.10. The van der Waals surface area contributed by atoms with Crippen molar-refractivity contribution in [3.05, 3.63) is 56.5 Å². The number of hydrogen-bond donors (Lipinski definition) is 1. The molecular weight excluding hydrogens is 373 g/mol. The number of ether oxygens (including phenoxy) is 1. The lowest BCUT2D eigenvalue weighted by Gasteiger charge is -2.15. The molecule has 0 aliphatic carbocycles. The van der Waals surface area contributed by atoms with Crippen molar-refractivity contribution in [3.63, 3.8) is 0 Å². The van der Waals surface area contributed by atoms with E-state index >= 15 is 0 Å². The van der Waals surface area contributed by atoms with Gasteiger partial charge in [-0.1, -0.05) is 59.0 Å². The molecule has 0 fully saturated rings. The highest BCUT2D eigenvalue weighted by Crippen LogP contribution is 2.36. The van der Waals surface area contributed by atoms with Crippen molar-refractivity contribution in [1.82, 2.24) is 5.32 Å². The van der Waals surface area contributed by atoms with Crippen molar-refractivity contribution in [2.75, 3.05) is 0 Å². The van der Waals surface area contributed by atoms with Crippen molar-refractivity contribution in [2.24, 2.45) is 0 Å². The van der Waals surface area contributed by atoms with Crippen LogP contribution in [-0.4, -0.2) is 6.04 Å². The first-order chi connectivity index (χ1) is 9.97. The molecule has 0 saturated carbocycles. The molecule has 2 aromatic rings. The standard InChI is InChI=1S/C16H16BrCl2NO/c1-10(2)20-9-11-8-12(17)6-7-14(11)21-15-5-3-4-13(18)16(15)19/h3-8,10,20H,9H2,1-2H3. The molecule has 2 aromatic carbocycles. The quantitative estimate of drug-likeness (QED) is 0.673. The average molecular weight is 389 g/mol. The van der Waals surface area contributed by atoms with Gasteiger partial charge in [0.25, 0.3) is 0 Å². The largest absolute Gasteiger partial charge is 0.455 e. The zero-order chi connectivity index (χ0) is 15.4. The van der Waals surface area contributed by atoms with Gasteiger partial charge in [-0.2, -0.15) is 0 Å². The van der Waals surface area contributed by atoms with E-state index in [9.17, 15) is 0 Å². The molecule has 0 spiro atoms. The van der Waals surface area contributed by atoms with Crippen molar-refractivity contribution < 1.29 is 4.74 Å². The van der Waals surface area contributed by atoms with Crippen molar-refractivity contribution in [1.29, 1.82) is 0 Å². The maximum absolute atomic E-state index is 6.17. The minimum absolute atomic E-state index is 0.395. The fraction of sp³-hybridized carbons (Fsp3) is 0.250. The van der Waals surface area contributed by atoms with Gasteiger partial charge >= 0.3 is 0 Å². The maximum Gasteiger partial charge on any atom is 0.147 e. The summed E-state index contributed by atoms with van der Waals surface area (Å²) in [5.41, 5.74) is 1.05. The van der Waals surface area contributed by atoms with Gasteiger partial charge in [-0.25, -0.2) is 0 Å². The van der Waals surface area contributed by atoms with E-state index in [2.05, 4.69) is 35.1 Å². The van der Waals surface area contributed by atoms with Gasteiger partial charge in [0.05, 0.1) is 5.02 Å². The van der Waals surface area contributed by atoms with Crippen LogP contribution in [0.4, 0.5) is 0 Å². The van der Waals surface area contributed by atoms with Crippen LogP contribution in [0, 0.1) is 0 Å². The zero-order valence-corrected chi connectivity index (χ0v) is 14.9. The van der Waals surface area contributed by atoms with E-state index in [1.165, 1.54) is 0 Å². The molecule has 0 bridgehead atoms. The fourth-order valence-electron chi connectivity index (χ4n) is 1.78. The third kappa shape index (κ3) is 4.62. The lowest BCUT2D eigenvalue weighted by atomic mass is 10.2. The van der Waals surface area contributed by atoms with E-state index < -0.39 is 0 Å². The second kappa shape index (κ2) is 7.50. The van der Waals surface area contributed by atoms with Crippen LogP contribution in [-0.2, 0) is 6.54 Å². The third-order valence-corrected chi connectivity index (χ3v) is 4.15. The number of hydrogen-bond acceptors (Lipinski definition) is 2. The van der Waals surface area contributed by atoms with Gasteiger partial charge < -0.3 is 10.1 Å². The van der Waals surface area contributed by atoms with Gasteiger partial charge in [-0.05, 0) is 30.3 Å². The van der Waals surface area contributed by atoms with Crippen LogP contribution in [0.3, 0.4) is 0 Å². The molecule has 1 N–H and O–H groups in total. The predicted molar refractivity (Wildman–Crippen MR) is 92.7 cm³/mol. The van der Waals surface area contributed by atoms with Crippen LogP contribution in [0.1, 0.15) is 19.4 Å². The Kier molecular flexibility index (Phi) is 5.94. The number of rotatable bonds is 5. The Hall–Kier alpha value is -0.740. The smallest absolute Gasteiger partial charge is 0.147 e. The lowest BCUT2D eigenvalue weighted by Crippen LogP contribution is -2.22. The summed E-state index contributed by atoms with van der Waals surface area (Å²) in [5, 5.41) is 4.28. The Morgan fingerprint density at radius 2 is 1.90 bits per heavy atom. The number of nitrogens with one attached hydrogen (secondary N) is 1. The first-order valence-corrected chi connectivity index (χ1v) is 8.16. The summed E-state index contributed by atoms with van der Waals surface area (Å²) in [6, 6.07) is 11.6. The molecule has 112 valence electrons. The molecule has 0 saturated heterocycles. The van der Waals surface area contributed by atoms with Crippen molar-refractivity contribution >= 4 is 39.1 Å². The second-order valence-corrected chi connectivity index (χ2v) is 6.64. The van der Waals surface area contributed by atoms with Crippen LogP contribution >= 0.6 is 39.1 Å². The Morgan fingerprint density at radius 3 is 2.62 bits per heavy atom. The average Bonchev–Trinajstić information content (AvgIpc) is 2.43. The van der Waals surface area contributed by atoms with Crippen molar-refractivity contribution in [2.45, 2.75) is 26.4 Å². The minimum Gasteiger partial charge on any atom is -0.455 e. The maximum atomic E-state index is 6.17. The van der Waals surface area contributed by atoms with Crippen LogP contribution in [0.25, 0.3) is 0 Å².